The van der Waals surface area contributed by atoms with Crippen LogP contribution in [-0.4, -0.2) is 206 Å². The number of hydrogen-bond donors (Lipinski definition) is 7. The van der Waals surface area contributed by atoms with E-state index in [9.17, 15) is 27.8 Å². The van der Waals surface area contributed by atoms with Crippen molar-refractivity contribution in [3.63, 3.8) is 0 Å². The Morgan fingerprint density at radius 3 is 1.57 bits per heavy atom. The van der Waals surface area contributed by atoms with Gasteiger partial charge in [0.15, 0.2) is 33.3 Å². The molecule has 21 nitrogen and oxygen atoms in total. The maximum Gasteiger partial charge on any atom is 0.471 e. The van der Waals surface area contributed by atoms with Gasteiger partial charge in [0.1, 0.15) is 29.9 Å². The minimum atomic E-state index is -5.42. The number of rotatable bonds is 21. The molecule has 3 saturated heterocycles. The summed E-state index contributed by atoms with van der Waals surface area (Å²) in [4.78, 5) is 112. The van der Waals surface area contributed by atoms with Gasteiger partial charge in [-0.25, -0.2) is 0 Å². The lowest BCUT2D eigenvalue weighted by molar-refractivity contribution is -0.173. The van der Waals surface area contributed by atoms with Crippen LogP contribution in [0.2, 0.25) is 122 Å². The molecule has 3 aliphatic rings. The van der Waals surface area contributed by atoms with Gasteiger partial charge in [0.25, 0.3) is 0 Å². The zero-order valence-corrected chi connectivity index (χ0v) is 78.6. The number of benzene rings is 1. The molecule has 31 heteroatoms. The van der Waals surface area contributed by atoms with Crippen LogP contribution in [0, 0.1) is 17.8 Å². The fraction of sp³-hybridized carbons (Fsp3) is 0.805. The van der Waals surface area contributed by atoms with E-state index in [0.29, 0.717) is 17.4 Å². The van der Waals surface area contributed by atoms with E-state index in [4.69, 9.17) is 28.7 Å². The Bertz CT molecular complexity index is 3320. The molecule has 0 aliphatic carbocycles. The summed E-state index contributed by atoms with van der Waals surface area (Å²) in [7, 11) is -17.5. The van der Waals surface area contributed by atoms with Gasteiger partial charge in [-0.3, -0.25) is 33.6 Å². The lowest BCUT2D eigenvalue weighted by Crippen LogP contribution is -2.64. The van der Waals surface area contributed by atoms with Crippen LogP contribution >= 0.6 is 0 Å². The number of hydrogen-bond acceptors (Lipinski definition) is 14. The molecule has 7 amide bonds. The highest BCUT2D eigenvalue weighted by Crippen LogP contribution is 2.47. The Morgan fingerprint density at radius 2 is 1.10 bits per heavy atom. The predicted octanol–water partition coefficient (Wildman–Crippen LogP) is 13.7. The van der Waals surface area contributed by atoms with Crippen LogP contribution in [0.3, 0.4) is 0 Å². The van der Waals surface area contributed by atoms with Crippen LogP contribution in [0.15, 0.2) is 36.4 Å². The SMILES string of the molecule is C=C1C[C@@H](C(C)O[Si](C)(C)C(C)(C)C)C(=O)N2C[C@H](C)[C@H](O[Si](C)(C)C(C)(C)C)[C@H]2C(=O)N[C@@H](CNC(=O)C(F)(F)F)C(=O)NC[C@H](NB(C)O)C(=O)N[C@@H](C(C)O[Si](C)(C)C(C)(C)C)C(=O)N2C[C@H](C[Si](C)(C)C(C)(C)C)C[C@H]2C(=O)N[C@H]1[C@@H](Cc1ccc(O[Si](C)(C)C(C)(C)C)cc1)O[Si](C)(C)C(C)(C)C. The van der Waals surface area contributed by atoms with Crippen LogP contribution < -0.4 is 36.2 Å². The average Bonchev–Trinajstić information content (AvgIpc) is 1.59. The van der Waals surface area contributed by atoms with Crippen LogP contribution in [-0.2, 0) is 57.7 Å². The number of fused-ring (bicyclic) bond motifs is 2. The summed E-state index contributed by atoms with van der Waals surface area (Å²) in [5, 5.41) is 25.4. The first-order chi connectivity index (χ1) is 48.3. The highest BCUT2D eigenvalue weighted by molar-refractivity contribution is 6.80. The Hall–Kier alpha value is -4.03. The summed E-state index contributed by atoms with van der Waals surface area (Å²) in [6.45, 7) is 73.1. The van der Waals surface area contributed by atoms with Gasteiger partial charge in [-0.05, 0) is 159 Å². The van der Waals surface area contributed by atoms with Crippen molar-refractivity contribution in [3.8, 4) is 5.75 Å². The number of carbonyl (C=O) groups excluding carboxylic acids is 7. The van der Waals surface area contributed by atoms with E-state index in [0.717, 1.165) is 5.56 Å². The molecule has 3 aliphatic heterocycles. The third-order valence-corrected chi connectivity index (χ3v) is 53.9. The minimum Gasteiger partial charge on any atom is -0.544 e. The summed E-state index contributed by atoms with van der Waals surface area (Å²) in [5.41, 5.74) is 1.20. The first-order valence-corrected chi connectivity index (χ1v) is 56.8. The van der Waals surface area contributed by atoms with E-state index in [1.807, 2.05) is 106 Å². The van der Waals surface area contributed by atoms with Crippen molar-refractivity contribution in [1.29, 1.82) is 0 Å². The van der Waals surface area contributed by atoms with Gasteiger partial charge in [-0.15, -0.1) is 0 Å². The lowest BCUT2D eigenvalue weighted by Gasteiger charge is -2.44. The summed E-state index contributed by atoms with van der Waals surface area (Å²) in [6.07, 6.45) is -9.13. The maximum absolute atomic E-state index is 16.8. The van der Waals surface area contributed by atoms with E-state index in [2.05, 4.69) is 162 Å². The molecule has 3 heterocycles. The Balaban J connectivity index is 2.31. The minimum absolute atomic E-state index is 0.0794. The number of amides is 7. The molecule has 2 unspecified atom stereocenters. The first kappa shape index (κ1) is 96.3. The second-order valence-electron chi connectivity index (χ2n) is 40.8. The van der Waals surface area contributed by atoms with Gasteiger partial charge in [0, 0.05) is 32.1 Å². The number of nitrogens with one attached hydrogen (secondary N) is 6. The molecule has 0 spiro atoms. The number of halogens is 3. The van der Waals surface area contributed by atoms with E-state index in [1.165, 1.54) is 11.7 Å². The average molecular weight is 1630 g/mol. The topological polar surface area (TPSA) is 265 Å². The maximum atomic E-state index is 16.8. The molecule has 3 fully saturated rings. The van der Waals surface area contributed by atoms with Gasteiger partial charge in [-0.2, -0.15) is 13.2 Å². The van der Waals surface area contributed by atoms with Gasteiger partial charge in [0.2, 0.25) is 43.8 Å². The molecule has 0 bridgehead atoms. The third kappa shape index (κ3) is 24.5. The second kappa shape index (κ2) is 35.0. The van der Waals surface area contributed by atoms with Crippen LogP contribution in [0.1, 0.15) is 164 Å². The van der Waals surface area contributed by atoms with Crippen molar-refractivity contribution in [2.24, 2.45) is 17.8 Å². The van der Waals surface area contributed by atoms with Gasteiger partial charge >= 0.3 is 19.1 Å². The highest BCUT2D eigenvalue weighted by atomic mass is 28.4. The zero-order valence-electron chi connectivity index (χ0n) is 72.6. The fourth-order valence-electron chi connectivity index (χ4n) is 12.6. The monoisotopic (exact) mass is 1620 g/mol. The molecule has 7 N–H and O–H groups in total. The molecule has 618 valence electrons. The highest BCUT2D eigenvalue weighted by Gasteiger charge is 2.56. The van der Waals surface area contributed by atoms with Crippen molar-refractivity contribution in [2.75, 3.05) is 26.2 Å². The summed E-state index contributed by atoms with van der Waals surface area (Å²) < 4.78 is 78.6. The van der Waals surface area contributed by atoms with E-state index >= 15 is 24.0 Å². The molecular formula is C77H144BF3N8O13Si6. The Kier molecular flexibility index (Phi) is 31.2. The number of nitrogens with zero attached hydrogens (tertiary/aromatic N) is 2. The summed E-state index contributed by atoms with van der Waals surface area (Å²) >= 11 is 0. The summed E-state index contributed by atoms with van der Waals surface area (Å²) in [5.74, 6) is -8.52. The van der Waals surface area contributed by atoms with Crippen molar-refractivity contribution < 1.29 is 73.9 Å². The summed E-state index contributed by atoms with van der Waals surface area (Å²) in [6, 6.07) is -0.377. The van der Waals surface area contributed by atoms with E-state index in [-0.39, 0.29) is 48.3 Å². The number of alkyl halides is 3. The first-order valence-electron chi connectivity index (χ1n) is 39.1. The van der Waals surface area contributed by atoms with Crippen molar-refractivity contribution >= 4 is 98.1 Å². The van der Waals surface area contributed by atoms with E-state index in [1.54, 1.807) is 17.1 Å². The van der Waals surface area contributed by atoms with Crippen LogP contribution in [0.25, 0.3) is 0 Å². The lowest BCUT2D eigenvalue weighted by atomic mass is 9.87. The molecule has 0 radical (unpaired) electrons. The molecule has 1 aromatic carbocycles. The normalized spacial score (nSPS) is 25.2. The molecular weight excluding hydrogens is 1480 g/mol. The molecule has 108 heavy (non-hydrogen) atoms. The second-order valence-corrected chi connectivity index (χ2v) is 70.3. The fourth-order valence-corrected chi connectivity index (χ4v) is 21.6. The molecule has 0 saturated carbocycles. The van der Waals surface area contributed by atoms with Gasteiger partial charge in [-0.1, -0.05) is 175 Å². The molecule has 1 aromatic rings. The smallest absolute Gasteiger partial charge is 0.471 e. The molecule has 13 atom stereocenters. The molecule has 0 aromatic heterocycles. The Morgan fingerprint density at radius 1 is 0.620 bits per heavy atom. The van der Waals surface area contributed by atoms with Crippen molar-refractivity contribution in [2.45, 2.75) is 353 Å². The van der Waals surface area contributed by atoms with Crippen LogP contribution in [0.4, 0.5) is 13.2 Å². The molecule has 4 rings (SSSR count). The zero-order chi connectivity index (χ0) is 83.8. The van der Waals surface area contributed by atoms with E-state index < -0.39 is 210 Å². The Labute approximate surface area is 654 Å². The van der Waals surface area contributed by atoms with Crippen LogP contribution in [0.5, 0.6) is 5.75 Å². The largest absolute Gasteiger partial charge is 0.544 e. The number of carbonyl (C=O) groups is 7. The van der Waals surface area contributed by atoms with Gasteiger partial charge < -0.3 is 68.8 Å². The third-order valence-electron chi connectivity index (χ3n) is 25.8. The van der Waals surface area contributed by atoms with Crippen molar-refractivity contribution in [3.05, 3.63) is 42.0 Å². The van der Waals surface area contributed by atoms with Crippen molar-refractivity contribution in [1.82, 2.24) is 41.6 Å². The standard InChI is InChI=1S/C77H144BF3N8O13Si6/c1-48-40-55(50(3)98-104(26,27)72(8,9)10)68(94)89-45-49(2)63(102-108(34,35)76(20,21)22)62(89)67(93)84-56(43-83-70(96)77(79,80)81)64(90)82-44-57(87-78(23)97)65(91)86-61(51(4)99-105(28,29)73(11,12)13)69(95)88-46-53(47-103(24,25)71(5,6)7)41-58(88)66(92)85-60(48)59(101-107(32,33)75(17,18)19)42-52-36-38-54(39-37-52)100-106(30,31)74(14,15)16/h36-39,49-51,53,55-63,87,97H,1,40-47H2,2-35H3,(H,82,90)(H,83,96)(H,84,93)(H,85,92)(H,86,91)/t49-,50?,51?,53+,55-,56-,57-,58-,59+,60+,61-,62-,63-/m0/s1. The predicted molar refractivity (Wildman–Crippen MR) is 444 cm³/mol. The quantitative estimate of drug-likeness (QED) is 0.0446. The van der Waals surface area contributed by atoms with Gasteiger partial charge in [0.05, 0.1) is 50.5 Å².